The van der Waals surface area contributed by atoms with E-state index in [1.807, 2.05) is 6.07 Å². The number of pyridine rings is 1. The van der Waals surface area contributed by atoms with Gasteiger partial charge in [-0.25, -0.2) is 4.98 Å². The summed E-state index contributed by atoms with van der Waals surface area (Å²) in [5.41, 5.74) is 6.47. The fourth-order valence-electron chi connectivity index (χ4n) is 1.54. The van der Waals surface area contributed by atoms with Gasteiger partial charge in [0.25, 0.3) is 5.91 Å². The number of benzene rings is 1. The molecule has 2 aromatic rings. The van der Waals surface area contributed by atoms with Gasteiger partial charge in [0.15, 0.2) is 0 Å². The Labute approximate surface area is 116 Å². The van der Waals surface area contributed by atoms with Crippen LogP contribution in [0.3, 0.4) is 0 Å². The molecular weight excluding hydrogens is 256 g/mol. The quantitative estimate of drug-likeness (QED) is 0.773. The fourth-order valence-corrected chi connectivity index (χ4v) is 1.54. The van der Waals surface area contributed by atoms with Crippen LogP contribution in [0.4, 0.5) is 11.5 Å². The van der Waals surface area contributed by atoms with Crippen LogP contribution in [0, 0.1) is 0 Å². The Kier molecular flexibility index (Phi) is 4.28. The number of hydrogen-bond acceptors (Lipinski definition) is 4. The Morgan fingerprint density at radius 3 is 2.50 bits per heavy atom. The van der Waals surface area contributed by atoms with Gasteiger partial charge in [-0.1, -0.05) is 18.2 Å². The summed E-state index contributed by atoms with van der Waals surface area (Å²) >= 11 is 0. The number of carbonyl (C=O) groups excluding carboxylic acids is 2. The highest BCUT2D eigenvalue weighted by Crippen LogP contribution is 2.06. The van der Waals surface area contributed by atoms with Crippen LogP contribution in [0.2, 0.25) is 0 Å². The van der Waals surface area contributed by atoms with Gasteiger partial charge in [-0.3, -0.25) is 9.59 Å². The van der Waals surface area contributed by atoms with Crippen molar-refractivity contribution in [3.63, 3.8) is 0 Å². The molecule has 1 aromatic heterocycles. The molecule has 0 aliphatic heterocycles. The van der Waals surface area contributed by atoms with E-state index < -0.39 is 0 Å². The van der Waals surface area contributed by atoms with Crippen molar-refractivity contribution in [3.8, 4) is 0 Å². The van der Waals surface area contributed by atoms with Crippen LogP contribution < -0.4 is 16.4 Å². The van der Waals surface area contributed by atoms with E-state index in [4.69, 9.17) is 5.73 Å². The predicted molar refractivity (Wildman–Crippen MR) is 76.1 cm³/mol. The van der Waals surface area contributed by atoms with Gasteiger partial charge in [0.2, 0.25) is 5.91 Å². The van der Waals surface area contributed by atoms with Crippen LogP contribution in [-0.4, -0.2) is 23.3 Å². The topological polar surface area (TPSA) is 97.1 Å². The summed E-state index contributed by atoms with van der Waals surface area (Å²) in [5.74, 6) is -0.252. The number of nitrogens with one attached hydrogen (secondary N) is 2. The van der Waals surface area contributed by atoms with E-state index in [1.165, 1.54) is 6.20 Å². The third kappa shape index (κ3) is 3.81. The Morgan fingerprint density at radius 1 is 1.10 bits per heavy atom. The maximum Gasteiger partial charge on any atom is 0.251 e. The van der Waals surface area contributed by atoms with E-state index >= 15 is 0 Å². The first kappa shape index (κ1) is 13.5. The van der Waals surface area contributed by atoms with Gasteiger partial charge in [0.1, 0.15) is 5.82 Å². The third-order valence-electron chi connectivity index (χ3n) is 2.52. The lowest BCUT2D eigenvalue weighted by Crippen LogP contribution is -2.32. The van der Waals surface area contributed by atoms with E-state index in [-0.39, 0.29) is 18.4 Å². The SMILES string of the molecule is Nc1ccc(NC(=O)CNC(=O)c2ccccc2)cn1. The van der Waals surface area contributed by atoms with Crippen molar-refractivity contribution in [2.75, 3.05) is 17.6 Å². The zero-order chi connectivity index (χ0) is 14.4. The highest BCUT2D eigenvalue weighted by molar-refractivity contribution is 5.99. The zero-order valence-corrected chi connectivity index (χ0v) is 10.7. The van der Waals surface area contributed by atoms with Crippen molar-refractivity contribution in [2.45, 2.75) is 0 Å². The normalized spacial score (nSPS) is 9.80. The van der Waals surface area contributed by atoms with Crippen molar-refractivity contribution in [1.29, 1.82) is 0 Å². The van der Waals surface area contributed by atoms with E-state index in [0.717, 1.165) is 0 Å². The monoisotopic (exact) mass is 270 g/mol. The second-order valence-electron chi connectivity index (χ2n) is 4.07. The lowest BCUT2D eigenvalue weighted by atomic mass is 10.2. The maximum absolute atomic E-state index is 11.7. The number of anilines is 2. The first-order chi connectivity index (χ1) is 9.65. The van der Waals surface area contributed by atoms with E-state index in [1.54, 1.807) is 36.4 Å². The Balaban J connectivity index is 1.83. The van der Waals surface area contributed by atoms with Gasteiger partial charge in [0.05, 0.1) is 18.4 Å². The van der Waals surface area contributed by atoms with Gasteiger partial charge in [-0.2, -0.15) is 0 Å². The van der Waals surface area contributed by atoms with E-state index in [9.17, 15) is 9.59 Å². The van der Waals surface area contributed by atoms with Gasteiger partial charge in [0, 0.05) is 5.56 Å². The van der Waals surface area contributed by atoms with Crippen molar-refractivity contribution in [2.24, 2.45) is 0 Å². The van der Waals surface area contributed by atoms with Crippen LogP contribution in [0.15, 0.2) is 48.7 Å². The molecule has 0 atom stereocenters. The van der Waals surface area contributed by atoms with Crippen LogP contribution in [0.5, 0.6) is 0 Å². The first-order valence-corrected chi connectivity index (χ1v) is 6.00. The summed E-state index contributed by atoms with van der Waals surface area (Å²) in [4.78, 5) is 27.2. The van der Waals surface area contributed by atoms with Gasteiger partial charge >= 0.3 is 0 Å². The van der Waals surface area contributed by atoms with Gasteiger partial charge in [-0.15, -0.1) is 0 Å². The maximum atomic E-state index is 11.7. The first-order valence-electron chi connectivity index (χ1n) is 6.00. The van der Waals surface area contributed by atoms with Crippen LogP contribution in [0.25, 0.3) is 0 Å². The van der Waals surface area contributed by atoms with Crippen LogP contribution in [-0.2, 0) is 4.79 Å². The number of nitrogens with zero attached hydrogens (tertiary/aromatic N) is 1. The molecule has 0 aliphatic rings. The molecule has 1 aromatic carbocycles. The Hall–Kier alpha value is -2.89. The average molecular weight is 270 g/mol. The third-order valence-corrected chi connectivity index (χ3v) is 2.52. The molecule has 0 aliphatic carbocycles. The highest BCUT2D eigenvalue weighted by atomic mass is 16.2. The number of amides is 2. The number of nitrogen functional groups attached to an aromatic ring is 1. The Morgan fingerprint density at radius 2 is 1.85 bits per heavy atom. The molecule has 0 spiro atoms. The van der Waals surface area contributed by atoms with Crippen molar-refractivity contribution < 1.29 is 9.59 Å². The second-order valence-corrected chi connectivity index (χ2v) is 4.07. The number of rotatable bonds is 4. The molecule has 1 heterocycles. The van der Waals surface area contributed by atoms with E-state index in [0.29, 0.717) is 17.1 Å². The molecule has 0 radical (unpaired) electrons. The minimum Gasteiger partial charge on any atom is -0.384 e. The van der Waals surface area contributed by atoms with Crippen molar-refractivity contribution in [1.82, 2.24) is 10.3 Å². The molecule has 0 saturated heterocycles. The van der Waals surface area contributed by atoms with Crippen molar-refractivity contribution >= 4 is 23.3 Å². The summed E-state index contributed by atoms with van der Waals surface area (Å²) in [6.45, 7) is -0.113. The largest absolute Gasteiger partial charge is 0.384 e. The summed E-state index contributed by atoms with van der Waals surface area (Å²) in [6, 6.07) is 11.9. The molecule has 0 fully saturated rings. The fraction of sp³-hybridized carbons (Fsp3) is 0.0714. The molecule has 0 bridgehead atoms. The number of carbonyl (C=O) groups is 2. The lowest BCUT2D eigenvalue weighted by molar-refractivity contribution is -0.115. The zero-order valence-electron chi connectivity index (χ0n) is 10.7. The smallest absolute Gasteiger partial charge is 0.251 e. The molecular formula is C14H14N4O2. The standard InChI is InChI=1S/C14H14N4O2/c15-12-7-6-11(8-16-12)18-13(19)9-17-14(20)10-4-2-1-3-5-10/h1-8H,9H2,(H2,15,16)(H,17,20)(H,18,19). The van der Waals surface area contributed by atoms with Crippen molar-refractivity contribution in [3.05, 3.63) is 54.2 Å². The lowest BCUT2D eigenvalue weighted by Gasteiger charge is -2.06. The van der Waals surface area contributed by atoms with Gasteiger partial charge in [-0.05, 0) is 24.3 Å². The van der Waals surface area contributed by atoms with Crippen LogP contribution >= 0.6 is 0 Å². The minimum absolute atomic E-state index is 0.113. The summed E-state index contributed by atoms with van der Waals surface area (Å²) in [6.07, 6.45) is 1.45. The molecule has 2 rings (SSSR count). The minimum atomic E-state index is -0.333. The summed E-state index contributed by atoms with van der Waals surface area (Å²) in [7, 11) is 0. The Bertz CT molecular complexity index is 596. The molecule has 20 heavy (non-hydrogen) atoms. The van der Waals surface area contributed by atoms with E-state index in [2.05, 4.69) is 15.6 Å². The summed E-state index contributed by atoms with van der Waals surface area (Å²) < 4.78 is 0. The number of aromatic nitrogens is 1. The molecule has 0 unspecified atom stereocenters. The molecule has 6 heteroatoms. The predicted octanol–water partition coefficient (Wildman–Crippen LogP) is 1.03. The number of nitrogens with two attached hydrogens (primary N) is 1. The molecule has 4 N–H and O–H groups in total. The average Bonchev–Trinajstić information content (AvgIpc) is 2.48. The molecule has 102 valence electrons. The molecule has 2 amide bonds. The number of hydrogen-bond donors (Lipinski definition) is 3. The molecule has 0 saturated carbocycles. The summed E-state index contributed by atoms with van der Waals surface area (Å²) in [5, 5.41) is 5.14. The van der Waals surface area contributed by atoms with Gasteiger partial charge < -0.3 is 16.4 Å². The van der Waals surface area contributed by atoms with Crippen LogP contribution in [0.1, 0.15) is 10.4 Å². The second kappa shape index (κ2) is 6.33. The molecule has 6 nitrogen and oxygen atoms in total. The highest BCUT2D eigenvalue weighted by Gasteiger charge is 2.07.